The molecule has 2 amide bonds. The lowest BCUT2D eigenvalue weighted by Crippen LogP contribution is -2.53. The number of nitrogens with zero attached hydrogens (tertiary/aromatic N) is 2. The highest BCUT2D eigenvalue weighted by Gasteiger charge is 2.34. The summed E-state index contributed by atoms with van der Waals surface area (Å²) in [6.07, 6.45) is 1.14. The number of hydrogen-bond acceptors (Lipinski definition) is 4. The van der Waals surface area contributed by atoms with Gasteiger partial charge < -0.3 is 10.2 Å². The van der Waals surface area contributed by atoms with Crippen LogP contribution < -0.4 is 9.62 Å². The monoisotopic (exact) mass is 577 g/mol. The average Bonchev–Trinajstić information content (AvgIpc) is 2.93. The molecule has 0 spiro atoms. The van der Waals surface area contributed by atoms with E-state index >= 15 is 0 Å². The van der Waals surface area contributed by atoms with Gasteiger partial charge in [0.2, 0.25) is 11.8 Å². The number of carbonyl (C=O) groups is 2. The zero-order chi connectivity index (χ0) is 30.3. The van der Waals surface area contributed by atoms with Crippen molar-refractivity contribution in [1.29, 1.82) is 0 Å². The zero-order valence-electron chi connectivity index (χ0n) is 25.3. The van der Waals surface area contributed by atoms with Crippen molar-refractivity contribution < 1.29 is 18.0 Å². The molecule has 0 saturated carbocycles. The summed E-state index contributed by atoms with van der Waals surface area (Å²) < 4.78 is 29.4. The van der Waals surface area contributed by atoms with Crippen LogP contribution in [0.1, 0.15) is 61.4 Å². The second-order valence-electron chi connectivity index (χ2n) is 10.9. The fourth-order valence-electron chi connectivity index (χ4n) is 4.71. The van der Waals surface area contributed by atoms with Crippen LogP contribution >= 0.6 is 0 Å². The lowest BCUT2D eigenvalue weighted by atomic mass is 10.1. The molecule has 1 N–H and O–H groups in total. The fraction of sp³-hybridized carbons (Fsp3) is 0.394. The van der Waals surface area contributed by atoms with Crippen molar-refractivity contribution in [1.82, 2.24) is 10.2 Å². The van der Waals surface area contributed by atoms with Crippen LogP contribution in [0.25, 0.3) is 0 Å². The van der Waals surface area contributed by atoms with Gasteiger partial charge in [0, 0.05) is 12.6 Å². The average molecular weight is 578 g/mol. The van der Waals surface area contributed by atoms with E-state index in [4.69, 9.17) is 0 Å². The number of nitrogens with one attached hydrogen (secondary N) is 1. The van der Waals surface area contributed by atoms with E-state index in [-0.39, 0.29) is 23.4 Å². The maximum Gasteiger partial charge on any atom is 0.264 e. The lowest BCUT2D eigenvalue weighted by Gasteiger charge is -2.34. The maximum absolute atomic E-state index is 14.2. The number of aryl methyl sites for hydroxylation is 4. The van der Waals surface area contributed by atoms with Crippen LogP contribution in [-0.2, 0) is 26.2 Å². The summed E-state index contributed by atoms with van der Waals surface area (Å²) in [5.74, 6) is -0.697. The van der Waals surface area contributed by atoms with Gasteiger partial charge >= 0.3 is 0 Å². The highest BCUT2D eigenvalue weighted by atomic mass is 32.2. The van der Waals surface area contributed by atoms with Crippen LogP contribution in [0.15, 0.2) is 71.6 Å². The van der Waals surface area contributed by atoms with Crippen LogP contribution in [0.3, 0.4) is 0 Å². The first kappa shape index (κ1) is 31.9. The van der Waals surface area contributed by atoms with Crippen molar-refractivity contribution in [2.45, 2.75) is 84.8 Å². The Morgan fingerprint density at radius 1 is 0.829 bits per heavy atom. The van der Waals surface area contributed by atoms with Crippen molar-refractivity contribution in [3.8, 4) is 0 Å². The molecule has 0 aromatic heterocycles. The third-order valence-corrected chi connectivity index (χ3v) is 9.12. The predicted octanol–water partition coefficient (Wildman–Crippen LogP) is 5.84. The van der Waals surface area contributed by atoms with E-state index < -0.39 is 28.5 Å². The SMILES string of the molecule is CCC(C)NC(=O)C(CC)N(Cc1cccc(C)c1)C(=O)CN(c1cc(C)ccc1C)S(=O)(=O)c1ccc(C)cc1. The summed E-state index contributed by atoms with van der Waals surface area (Å²) in [7, 11) is -4.11. The summed E-state index contributed by atoms with van der Waals surface area (Å²) in [5, 5.41) is 3.01. The van der Waals surface area contributed by atoms with Crippen molar-refractivity contribution in [3.05, 3.63) is 94.5 Å². The Bertz CT molecular complexity index is 1470. The first-order chi connectivity index (χ1) is 19.4. The molecule has 2 unspecified atom stereocenters. The molecule has 3 rings (SSSR count). The molecule has 220 valence electrons. The molecule has 8 heteroatoms. The van der Waals surface area contributed by atoms with Gasteiger partial charge in [-0.25, -0.2) is 8.42 Å². The number of anilines is 1. The van der Waals surface area contributed by atoms with Crippen LogP contribution in [0.2, 0.25) is 0 Å². The lowest BCUT2D eigenvalue weighted by molar-refractivity contribution is -0.140. The molecule has 41 heavy (non-hydrogen) atoms. The van der Waals surface area contributed by atoms with Gasteiger partial charge in [0.15, 0.2) is 0 Å². The predicted molar refractivity (Wildman–Crippen MR) is 165 cm³/mol. The van der Waals surface area contributed by atoms with Crippen molar-refractivity contribution in [2.24, 2.45) is 0 Å². The molecule has 0 bridgehead atoms. The zero-order valence-corrected chi connectivity index (χ0v) is 26.1. The summed E-state index contributed by atoms with van der Waals surface area (Å²) in [6.45, 7) is 13.1. The van der Waals surface area contributed by atoms with E-state index in [0.717, 1.165) is 34.2 Å². The van der Waals surface area contributed by atoms with Crippen LogP contribution in [0.5, 0.6) is 0 Å². The molecule has 0 radical (unpaired) electrons. The normalized spacial score (nSPS) is 12.9. The third-order valence-electron chi connectivity index (χ3n) is 7.34. The van der Waals surface area contributed by atoms with Gasteiger partial charge in [-0.2, -0.15) is 0 Å². The van der Waals surface area contributed by atoms with E-state index in [1.165, 1.54) is 9.21 Å². The topological polar surface area (TPSA) is 86.8 Å². The first-order valence-electron chi connectivity index (χ1n) is 14.2. The van der Waals surface area contributed by atoms with E-state index in [2.05, 4.69) is 5.32 Å². The molecule has 0 aliphatic heterocycles. The van der Waals surface area contributed by atoms with E-state index in [9.17, 15) is 18.0 Å². The minimum atomic E-state index is -4.11. The molecular formula is C33H43N3O4S. The standard InChI is InChI=1S/C33H43N3O4S/c1-8-27(7)34-33(38)30(9-2)35(21-28-12-10-11-24(4)19-28)32(37)22-36(31-20-25(5)13-16-26(31)6)41(39,40)29-17-14-23(3)15-18-29/h10-20,27,30H,8-9,21-22H2,1-7H3,(H,34,38). The van der Waals surface area contributed by atoms with E-state index in [1.54, 1.807) is 30.3 Å². The fourth-order valence-corrected chi connectivity index (χ4v) is 6.18. The molecule has 0 aliphatic carbocycles. The second-order valence-corrected chi connectivity index (χ2v) is 12.7. The van der Waals surface area contributed by atoms with Crippen LogP contribution in [0.4, 0.5) is 5.69 Å². The molecule has 3 aromatic carbocycles. The van der Waals surface area contributed by atoms with Crippen LogP contribution in [0, 0.1) is 27.7 Å². The maximum atomic E-state index is 14.2. The number of sulfonamides is 1. The van der Waals surface area contributed by atoms with Crippen molar-refractivity contribution in [2.75, 3.05) is 10.8 Å². The largest absolute Gasteiger partial charge is 0.352 e. The van der Waals surface area contributed by atoms with Gasteiger partial charge in [0.25, 0.3) is 10.0 Å². The molecule has 0 saturated heterocycles. The first-order valence-corrected chi connectivity index (χ1v) is 15.6. The quantitative estimate of drug-likeness (QED) is 0.293. The molecule has 7 nitrogen and oxygen atoms in total. The Balaban J connectivity index is 2.10. The van der Waals surface area contributed by atoms with E-state index in [0.29, 0.717) is 12.1 Å². The third kappa shape index (κ3) is 7.97. The Labute approximate surface area is 245 Å². The Morgan fingerprint density at radius 2 is 1.46 bits per heavy atom. The Morgan fingerprint density at radius 3 is 2.07 bits per heavy atom. The van der Waals surface area contributed by atoms with Gasteiger partial charge in [-0.05, 0) is 82.3 Å². The van der Waals surface area contributed by atoms with Gasteiger partial charge in [-0.3, -0.25) is 13.9 Å². The van der Waals surface area contributed by atoms with Gasteiger partial charge in [-0.1, -0.05) is 73.5 Å². The van der Waals surface area contributed by atoms with E-state index in [1.807, 2.05) is 84.9 Å². The smallest absolute Gasteiger partial charge is 0.264 e. The second kappa shape index (κ2) is 13.8. The van der Waals surface area contributed by atoms with Crippen molar-refractivity contribution >= 4 is 27.5 Å². The highest BCUT2D eigenvalue weighted by Crippen LogP contribution is 2.29. The number of amides is 2. The summed E-state index contributed by atoms with van der Waals surface area (Å²) in [6, 6.07) is 19.1. The van der Waals surface area contributed by atoms with Gasteiger partial charge in [-0.15, -0.1) is 0 Å². The van der Waals surface area contributed by atoms with Crippen LogP contribution in [-0.4, -0.2) is 43.8 Å². The molecule has 3 aromatic rings. The molecule has 0 aliphatic rings. The number of carbonyl (C=O) groups excluding carboxylic acids is 2. The molecule has 0 fully saturated rings. The number of benzene rings is 3. The molecular weight excluding hydrogens is 534 g/mol. The molecule has 2 atom stereocenters. The van der Waals surface area contributed by atoms with Gasteiger partial charge in [0.05, 0.1) is 10.6 Å². The number of hydrogen-bond donors (Lipinski definition) is 1. The number of rotatable bonds is 12. The summed E-state index contributed by atoms with van der Waals surface area (Å²) in [5.41, 5.74) is 4.87. The minimum Gasteiger partial charge on any atom is -0.352 e. The minimum absolute atomic E-state index is 0.0548. The van der Waals surface area contributed by atoms with Crippen molar-refractivity contribution in [3.63, 3.8) is 0 Å². The Hall–Kier alpha value is -3.65. The summed E-state index contributed by atoms with van der Waals surface area (Å²) in [4.78, 5) is 29.3. The summed E-state index contributed by atoms with van der Waals surface area (Å²) >= 11 is 0. The molecule has 0 heterocycles. The highest BCUT2D eigenvalue weighted by molar-refractivity contribution is 7.92. The Kier molecular flexibility index (Phi) is 10.7. The van der Waals surface area contributed by atoms with Gasteiger partial charge in [0.1, 0.15) is 12.6 Å².